The summed E-state index contributed by atoms with van der Waals surface area (Å²) in [7, 11) is 0. The van der Waals surface area contributed by atoms with Gasteiger partial charge in [0.2, 0.25) is 0 Å². The van der Waals surface area contributed by atoms with Crippen molar-refractivity contribution in [2.75, 3.05) is 19.7 Å². The van der Waals surface area contributed by atoms with E-state index >= 15 is 0 Å². The fraction of sp³-hybridized carbons (Fsp3) is 0.588. The number of hydrogen-bond acceptors (Lipinski definition) is 3. The third-order valence-corrected chi connectivity index (χ3v) is 4.96. The highest BCUT2D eigenvalue weighted by atomic mass is 35.5. The smallest absolute Gasteiger partial charge is 0.144 e. The van der Waals surface area contributed by atoms with E-state index in [1.165, 1.54) is 0 Å². The fourth-order valence-electron chi connectivity index (χ4n) is 3.65. The zero-order chi connectivity index (χ0) is 14.9. The van der Waals surface area contributed by atoms with Crippen LogP contribution in [0.4, 0.5) is 0 Å². The lowest BCUT2D eigenvalue weighted by atomic mass is 9.76. The van der Waals surface area contributed by atoms with Crippen molar-refractivity contribution >= 4 is 17.4 Å². The molecule has 0 aliphatic carbocycles. The van der Waals surface area contributed by atoms with Gasteiger partial charge in [0.25, 0.3) is 0 Å². The molecule has 1 unspecified atom stereocenters. The van der Waals surface area contributed by atoms with Crippen molar-refractivity contribution in [2.24, 2.45) is 5.41 Å². The van der Waals surface area contributed by atoms with Crippen molar-refractivity contribution < 1.29 is 9.53 Å². The molecule has 3 nitrogen and oxygen atoms in total. The van der Waals surface area contributed by atoms with E-state index in [1.807, 2.05) is 12.1 Å². The van der Waals surface area contributed by atoms with Crippen molar-refractivity contribution in [1.29, 1.82) is 0 Å². The molecule has 1 N–H and O–H groups in total. The summed E-state index contributed by atoms with van der Waals surface area (Å²) in [5.41, 5.74) is 1.91. The number of ether oxygens (including phenoxy) is 1. The molecule has 114 valence electrons. The molecule has 4 heteroatoms. The fourth-order valence-corrected chi connectivity index (χ4v) is 3.91. The highest BCUT2D eigenvalue weighted by molar-refractivity contribution is 6.30. The lowest BCUT2D eigenvalue weighted by Gasteiger charge is -2.26. The maximum Gasteiger partial charge on any atom is 0.144 e. The molecule has 21 heavy (non-hydrogen) atoms. The standard InChI is InChI=1S/C17H22ClNO2/c1-2-4-17(5-6-19-11-17)15(20)10-13-9-14(18)8-12-3-7-21-16(12)13/h8-9,19H,2-7,10-11H2,1H3. The van der Waals surface area contributed by atoms with Crippen LogP contribution in [-0.2, 0) is 17.6 Å². The van der Waals surface area contributed by atoms with Crippen molar-refractivity contribution in [1.82, 2.24) is 5.32 Å². The molecule has 0 amide bonds. The SMILES string of the molecule is CCCC1(C(=O)Cc2cc(Cl)cc3c2OCC3)CCNC1. The average Bonchev–Trinajstić information content (AvgIpc) is 3.08. The summed E-state index contributed by atoms with van der Waals surface area (Å²) in [5, 5.41) is 4.05. The number of Topliss-reactive ketones (excluding diaryl/α,β-unsaturated/α-hetero) is 1. The number of halogens is 1. The first kappa shape index (κ1) is 14.9. The van der Waals surface area contributed by atoms with E-state index in [2.05, 4.69) is 12.2 Å². The first-order valence-corrected chi connectivity index (χ1v) is 8.20. The number of hydrogen-bond donors (Lipinski definition) is 1. The molecule has 3 rings (SSSR count). The van der Waals surface area contributed by atoms with Crippen molar-refractivity contribution in [3.63, 3.8) is 0 Å². The number of carbonyl (C=O) groups excluding carboxylic acids is 1. The number of ketones is 1. The summed E-state index contributed by atoms with van der Waals surface area (Å²) in [4.78, 5) is 12.9. The number of fused-ring (bicyclic) bond motifs is 1. The van der Waals surface area contributed by atoms with E-state index in [1.54, 1.807) is 0 Å². The maximum absolute atomic E-state index is 12.9. The zero-order valence-electron chi connectivity index (χ0n) is 12.5. The van der Waals surface area contributed by atoms with Gasteiger partial charge in [-0.3, -0.25) is 4.79 Å². The predicted octanol–water partition coefficient (Wildman–Crippen LogP) is 3.17. The van der Waals surface area contributed by atoms with Gasteiger partial charge >= 0.3 is 0 Å². The quantitative estimate of drug-likeness (QED) is 0.908. The molecular formula is C17H22ClNO2. The normalized spacial score (nSPS) is 23.9. The van der Waals surface area contributed by atoms with Gasteiger partial charge in [-0.1, -0.05) is 24.9 Å². The Balaban J connectivity index is 1.85. The second kappa shape index (κ2) is 5.98. The van der Waals surface area contributed by atoms with Crippen molar-refractivity contribution in [3.8, 4) is 5.75 Å². The molecule has 0 spiro atoms. The third kappa shape index (κ3) is 2.82. The summed E-state index contributed by atoms with van der Waals surface area (Å²) in [5.74, 6) is 1.22. The van der Waals surface area contributed by atoms with E-state index in [4.69, 9.17) is 16.3 Å². The lowest BCUT2D eigenvalue weighted by molar-refractivity contribution is -0.127. The van der Waals surface area contributed by atoms with Crippen LogP contribution in [0.3, 0.4) is 0 Å². The van der Waals surface area contributed by atoms with E-state index < -0.39 is 0 Å². The number of rotatable bonds is 5. The molecule has 1 aromatic rings. The Labute approximate surface area is 131 Å². The Morgan fingerprint density at radius 3 is 3.05 bits per heavy atom. The molecule has 1 atom stereocenters. The van der Waals surface area contributed by atoms with Crippen LogP contribution in [0.1, 0.15) is 37.3 Å². The monoisotopic (exact) mass is 307 g/mol. The molecule has 1 fully saturated rings. The Hall–Kier alpha value is -1.06. The largest absolute Gasteiger partial charge is 0.493 e. The molecule has 1 aromatic carbocycles. The van der Waals surface area contributed by atoms with Gasteiger partial charge in [-0.25, -0.2) is 0 Å². The van der Waals surface area contributed by atoms with Crippen LogP contribution < -0.4 is 10.1 Å². The summed E-state index contributed by atoms with van der Waals surface area (Å²) in [6.07, 6.45) is 4.27. The minimum Gasteiger partial charge on any atom is -0.493 e. The Bertz CT molecular complexity index is 550. The molecule has 0 bridgehead atoms. The van der Waals surface area contributed by atoms with E-state index in [9.17, 15) is 4.79 Å². The lowest BCUT2D eigenvalue weighted by Crippen LogP contribution is -2.34. The zero-order valence-corrected chi connectivity index (χ0v) is 13.3. The molecule has 0 radical (unpaired) electrons. The second-order valence-electron chi connectivity index (χ2n) is 6.21. The predicted molar refractivity (Wildman–Crippen MR) is 84.2 cm³/mol. The highest BCUT2D eigenvalue weighted by Crippen LogP contribution is 2.37. The Morgan fingerprint density at radius 2 is 2.33 bits per heavy atom. The minimum atomic E-state index is -0.192. The van der Waals surface area contributed by atoms with Gasteiger partial charge in [-0.15, -0.1) is 0 Å². The highest BCUT2D eigenvalue weighted by Gasteiger charge is 2.40. The Kier molecular flexibility index (Phi) is 4.23. The van der Waals surface area contributed by atoms with Crippen LogP contribution in [0, 0.1) is 5.41 Å². The van der Waals surface area contributed by atoms with E-state index in [0.29, 0.717) is 23.8 Å². The first-order chi connectivity index (χ1) is 10.1. The van der Waals surface area contributed by atoms with Gasteiger partial charge in [0.15, 0.2) is 0 Å². The van der Waals surface area contributed by atoms with Gasteiger partial charge in [0, 0.05) is 35.4 Å². The molecule has 0 aromatic heterocycles. The van der Waals surface area contributed by atoms with Gasteiger partial charge in [-0.05, 0) is 37.1 Å². The van der Waals surface area contributed by atoms with Crippen LogP contribution >= 0.6 is 11.6 Å². The average molecular weight is 308 g/mol. The van der Waals surface area contributed by atoms with Gasteiger partial charge < -0.3 is 10.1 Å². The summed E-state index contributed by atoms with van der Waals surface area (Å²) >= 11 is 6.19. The van der Waals surface area contributed by atoms with Gasteiger partial charge in [0.05, 0.1) is 6.61 Å². The van der Waals surface area contributed by atoms with Crippen LogP contribution in [0.5, 0.6) is 5.75 Å². The summed E-state index contributed by atoms with van der Waals surface area (Å²) < 4.78 is 5.71. The first-order valence-electron chi connectivity index (χ1n) is 7.83. The van der Waals surface area contributed by atoms with Crippen LogP contribution in [0.15, 0.2) is 12.1 Å². The minimum absolute atomic E-state index is 0.192. The number of nitrogens with one attached hydrogen (secondary N) is 1. The van der Waals surface area contributed by atoms with Crippen molar-refractivity contribution in [2.45, 2.75) is 39.0 Å². The maximum atomic E-state index is 12.9. The molecule has 1 saturated heterocycles. The summed E-state index contributed by atoms with van der Waals surface area (Å²) in [6.45, 7) is 4.59. The van der Waals surface area contributed by atoms with E-state index in [0.717, 1.165) is 55.6 Å². The molecule has 0 saturated carbocycles. The van der Waals surface area contributed by atoms with Crippen molar-refractivity contribution in [3.05, 3.63) is 28.3 Å². The van der Waals surface area contributed by atoms with Crippen LogP contribution in [-0.4, -0.2) is 25.5 Å². The Morgan fingerprint density at radius 1 is 1.48 bits per heavy atom. The number of carbonyl (C=O) groups is 1. The summed E-state index contributed by atoms with van der Waals surface area (Å²) in [6, 6.07) is 3.85. The van der Waals surface area contributed by atoms with E-state index in [-0.39, 0.29) is 5.41 Å². The van der Waals surface area contributed by atoms with Gasteiger partial charge in [0.1, 0.15) is 11.5 Å². The molecule has 2 heterocycles. The van der Waals surface area contributed by atoms with Gasteiger partial charge in [-0.2, -0.15) is 0 Å². The second-order valence-corrected chi connectivity index (χ2v) is 6.65. The number of benzene rings is 1. The molecule has 2 aliphatic heterocycles. The topological polar surface area (TPSA) is 38.3 Å². The van der Waals surface area contributed by atoms with Crippen LogP contribution in [0.25, 0.3) is 0 Å². The molecular weight excluding hydrogens is 286 g/mol. The third-order valence-electron chi connectivity index (χ3n) is 4.74. The van der Waals surface area contributed by atoms with Crippen LogP contribution in [0.2, 0.25) is 5.02 Å². The molecule has 2 aliphatic rings.